The van der Waals surface area contributed by atoms with Crippen molar-refractivity contribution in [3.8, 4) is 0 Å². The molecule has 1 aliphatic rings. The van der Waals surface area contributed by atoms with Gasteiger partial charge in [0.1, 0.15) is 5.15 Å². The van der Waals surface area contributed by atoms with Crippen LogP contribution in [0, 0.1) is 6.92 Å². The predicted molar refractivity (Wildman–Crippen MR) is 89.9 cm³/mol. The molecular weight excluding hydrogens is 314 g/mol. The lowest BCUT2D eigenvalue weighted by atomic mass is 9.93. The smallest absolute Gasteiger partial charge is 0.260 e. The highest BCUT2D eigenvalue weighted by molar-refractivity contribution is 6.33. The predicted octanol–water partition coefficient (Wildman–Crippen LogP) is 3.96. The van der Waals surface area contributed by atoms with Crippen molar-refractivity contribution in [1.82, 2.24) is 9.78 Å². The minimum absolute atomic E-state index is 0.0815. The lowest BCUT2D eigenvalue weighted by molar-refractivity contribution is -0.0433. The van der Waals surface area contributed by atoms with Gasteiger partial charge in [0.25, 0.3) is 5.91 Å². The van der Waals surface area contributed by atoms with E-state index in [0.29, 0.717) is 16.4 Å². The number of hydrogen-bond donors (Lipinski definition) is 1. The molecule has 122 valence electrons. The highest BCUT2D eigenvalue weighted by Gasteiger charge is 2.37. The van der Waals surface area contributed by atoms with Crippen LogP contribution in [0.25, 0.3) is 0 Å². The number of anilines is 1. The molecule has 0 aliphatic carbocycles. The zero-order valence-electron chi connectivity index (χ0n) is 13.9. The summed E-state index contributed by atoms with van der Waals surface area (Å²) >= 11 is 6.18. The maximum atomic E-state index is 12.6. The highest BCUT2D eigenvalue weighted by Crippen LogP contribution is 2.46. The number of nitrogens with one attached hydrogen (secondary N) is 1. The van der Waals surface area contributed by atoms with Gasteiger partial charge in [-0.2, -0.15) is 5.10 Å². The molecule has 0 fully saturated rings. The second-order valence-electron chi connectivity index (χ2n) is 6.37. The number of benzene rings is 1. The van der Waals surface area contributed by atoms with Gasteiger partial charge in [-0.15, -0.1) is 0 Å². The Morgan fingerprint density at radius 1 is 1.43 bits per heavy atom. The molecule has 1 amide bonds. The van der Waals surface area contributed by atoms with Crippen LogP contribution >= 0.6 is 11.6 Å². The first-order valence-corrected chi connectivity index (χ1v) is 7.92. The van der Waals surface area contributed by atoms with Crippen LogP contribution in [-0.2, 0) is 17.4 Å². The number of nitrogens with zero attached hydrogens (tertiary/aromatic N) is 2. The molecule has 2 heterocycles. The Hall–Kier alpha value is -1.85. The summed E-state index contributed by atoms with van der Waals surface area (Å²) in [6.07, 6.45) is -0.0815. The van der Waals surface area contributed by atoms with Gasteiger partial charge in [-0.1, -0.05) is 23.7 Å². The van der Waals surface area contributed by atoms with Gasteiger partial charge in [-0.25, -0.2) is 0 Å². The Morgan fingerprint density at radius 2 is 2.13 bits per heavy atom. The van der Waals surface area contributed by atoms with Crippen molar-refractivity contribution in [3.05, 3.63) is 45.7 Å². The molecule has 0 saturated heterocycles. The van der Waals surface area contributed by atoms with Gasteiger partial charge in [0.2, 0.25) is 0 Å². The zero-order chi connectivity index (χ0) is 16.9. The number of ether oxygens (including phenoxy) is 1. The number of carbonyl (C=O) groups excluding carboxylic acids is 1. The third kappa shape index (κ3) is 2.54. The Balaban J connectivity index is 1.99. The van der Waals surface area contributed by atoms with E-state index in [2.05, 4.69) is 10.4 Å². The first-order chi connectivity index (χ1) is 10.7. The van der Waals surface area contributed by atoms with Crippen LogP contribution in [-0.4, -0.2) is 15.7 Å². The lowest BCUT2D eigenvalue weighted by Crippen LogP contribution is -2.16. The number of hydrogen-bond acceptors (Lipinski definition) is 3. The summed E-state index contributed by atoms with van der Waals surface area (Å²) in [6.45, 7) is 7.82. The standard InChI is InChI=1S/C17H20ClN3O2/c1-9-13(15(18)21(5)20-9)16(22)19-12-8-6-7-11-14(12)10(2)23-17(11,3)4/h6-8,10H,1-5H3,(H,19,22)/t10-/m0/s1. The third-order valence-corrected chi connectivity index (χ3v) is 4.69. The van der Waals surface area contributed by atoms with E-state index in [1.54, 1.807) is 14.0 Å². The van der Waals surface area contributed by atoms with E-state index in [1.807, 2.05) is 39.0 Å². The van der Waals surface area contributed by atoms with Crippen LogP contribution in [0.2, 0.25) is 5.15 Å². The molecular formula is C17H20ClN3O2. The van der Waals surface area contributed by atoms with E-state index in [1.165, 1.54) is 4.68 Å². The van der Waals surface area contributed by atoms with Crippen molar-refractivity contribution in [1.29, 1.82) is 0 Å². The molecule has 6 heteroatoms. The van der Waals surface area contributed by atoms with Gasteiger partial charge in [-0.05, 0) is 39.3 Å². The minimum atomic E-state index is -0.364. The molecule has 1 aliphatic heterocycles. The molecule has 0 saturated carbocycles. The van der Waals surface area contributed by atoms with Crippen LogP contribution in [0.5, 0.6) is 0 Å². The molecule has 0 radical (unpaired) electrons. The largest absolute Gasteiger partial charge is 0.363 e. The van der Waals surface area contributed by atoms with E-state index in [4.69, 9.17) is 16.3 Å². The summed E-state index contributed by atoms with van der Waals surface area (Å²) < 4.78 is 7.50. The Labute approximate surface area is 140 Å². The molecule has 1 atom stereocenters. The number of amides is 1. The Kier molecular flexibility index (Phi) is 3.73. The van der Waals surface area contributed by atoms with Crippen LogP contribution in [0.4, 0.5) is 5.69 Å². The normalized spacial score (nSPS) is 18.8. The van der Waals surface area contributed by atoms with Crippen LogP contribution in [0.3, 0.4) is 0 Å². The molecule has 2 aromatic rings. The number of carbonyl (C=O) groups is 1. The molecule has 5 nitrogen and oxygen atoms in total. The van der Waals surface area contributed by atoms with Crippen LogP contribution < -0.4 is 5.32 Å². The van der Waals surface area contributed by atoms with Gasteiger partial charge in [0.05, 0.1) is 23.0 Å². The first-order valence-electron chi connectivity index (χ1n) is 7.54. The van der Waals surface area contributed by atoms with Crippen molar-refractivity contribution in [2.45, 2.75) is 39.4 Å². The summed E-state index contributed by atoms with van der Waals surface area (Å²) in [4.78, 5) is 12.6. The Morgan fingerprint density at radius 3 is 2.74 bits per heavy atom. The molecule has 1 aromatic carbocycles. The fourth-order valence-corrected chi connectivity index (χ4v) is 3.53. The average Bonchev–Trinajstić information content (AvgIpc) is 2.84. The fourth-order valence-electron chi connectivity index (χ4n) is 3.27. The molecule has 3 rings (SSSR count). The number of fused-ring (bicyclic) bond motifs is 1. The summed E-state index contributed by atoms with van der Waals surface area (Å²) in [7, 11) is 1.71. The van der Waals surface area contributed by atoms with E-state index in [-0.39, 0.29) is 17.6 Å². The third-order valence-electron chi connectivity index (χ3n) is 4.26. The number of aromatic nitrogens is 2. The van der Waals surface area contributed by atoms with E-state index in [9.17, 15) is 4.79 Å². The topological polar surface area (TPSA) is 56.2 Å². The Bertz CT molecular complexity index is 795. The van der Waals surface area contributed by atoms with Gasteiger partial charge in [-0.3, -0.25) is 9.48 Å². The molecule has 23 heavy (non-hydrogen) atoms. The van der Waals surface area contributed by atoms with Crippen molar-refractivity contribution in [2.24, 2.45) is 7.05 Å². The maximum Gasteiger partial charge on any atom is 0.260 e. The number of halogens is 1. The summed E-state index contributed by atoms with van der Waals surface area (Å²) in [6, 6.07) is 5.85. The van der Waals surface area contributed by atoms with E-state index in [0.717, 1.165) is 16.8 Å². The van der Waals surface area contributed by atoms with Crippen molar-refractivity contribution in [2.75, 3.05) is 5.32 Å². The van der Waals surface area contributed by atoms with Crippen LogP contribution in [0.15, 0.2) is 18.2 Å². The van der Waals surface area contributed by atoms with Gasteiger partial charge in [0.15, 0.2) is 0 Å². The molecule has 0 spiro atoms. The fraction of sp³-hybridized carbons (Fsp3) is 0.412. The maximum absolute atomic E-state index is 12.6. The molecule has 1 N–H and O–H groups in total. The van der Waals surface area contributed by atoms with Crippen molar-refractivity contribution in [3.63, 3.8) is 0 Å². The minimum Gasteiger partial charge on any atom is -0.363 e. The summed E-state index contributed by atoms with van der Waals surface area (Å²) in [5.41, 5.74) is 3.51. The second kappa shape index (κ2) is 5.35. The second-order valence-corrected chi connectivity index (χ2v) is 6.72. The number of aryl methyl sites for hydroxylation is 2. The van der Waals surface area contributed by atoms with Gasteiger partial charge >= 0.3 is 0 Å². The van der Waals surface area contributed by atoms with Gasteiger partial charge in [0, 0.05) is 18.3 Å². The monoisotopic (exact) mass is 333 g/mol. The molecule has 0 bridgehead atoms. The first kappa shape index (κ1) is 16.0. The van der Waals surface area contributed by atoms with E-state index < -0.39 is 0 Å². The van der Waals surface area contributed by atoms with Gasteiger partial charge < -0.3 is 10.1 Å². The SMILES string of the molecule is Cc1nn(C)c(Cl)c1C(=O)Nc1cccc2c1[C@H](C)OC2(C)C. The van der Waals surface area contributed by atoms with Crippen molar-refractivity contribution >= 4 is 23.2 Å². The molecule has 0 unspecified atom stereocenters. The average molecular weight is 334 g/mol. The summed E-state index contributed by atoms with van der Waals surface area (Å²) in [5.74, 6) is -0.258. The quantitative estimate of drug-likeness (QED) is 0.905. The van der Waals surface area contributed by atoms with Crippen molar-refractivity contribution < 1.29 is 9.53 Å². The summed E-state index contributed by atoms with van der Waals surface area (Å²) in [5, 5.41) is 7.48. The highest BCUT2D eigenvalue weighted by atomic mass is 35.5. The van der Waals surface area contributed by atoms with Crippen LogP contribution in [0.1, 0.15) is 54.1 Å². The number of rotatable bonds is 2. The lowest BCUT2D eigenvalue weighted by Gasteiger charge is -2.19. The van der Waals surface area contributed by atoms with E-state index >= 15 is 0 Å². The molecule has 1 aromatic heterocycles. The zero-order valence-corrected chi connectivity index (χ0v) is 14.7.